The maximum atomic E-state index is 13.2. The molecule has 0 atom stereocenters. The van der Waals surface area contributed by atoms with Crippen LogP contribution in [0.15, 0.2) is 83.9 Å². The number of benzene rings is 3. The normalized spacial score (nSPS) is 14.0. The molecule has 5 rings (SSSR count). The molecular formula is C28H28N4O4S. The van der Waals surface area contributed by atoms with E-state index in [9.17, 15) is 13.2 Å². The highest BCUT2D eigenvalue weighted by molar-refractivity contribution is 7.93. The number of rotatable bonds is 6. The van der Waals surface area contributed by atoms with Gasteiger partial charge in [0.2, 0.25) is 0 Å². The van der Waals surface area contributed by atoms with Crippen LogP contribution >= 0.6 is 0 Å². The molecule has 0 saturated carbocycles. The molecule has 2 heterocycles. The van der Waals surface area contributed by atoms with E-state index >= 15 is 0 Å². The van der Waals surface area contributed by atoms with Crippen LogP contribution in [0.2, 0.25) is 0 Å². The van der Waals surface area contributed by atoms with Gasteiger partial charge in [0.05, 0.1) is 24.0 Å². The van der Waals surface area contributed by atoms with E-state index in [4.69, 9.17) is 4.74 Å². The average Bonchev–Trinajstić information content (AvgIpc) is 2.93. The molecule has 0 radical (unpaired) electrons. The summed E-state index contributed by atoms with van der Waals surface area (Å²) in [7, 11) is -2.22. The van der Waals surface area contributed by atoms with Crippen molar-refractivity contribution in [2.24, 2.45) is 0 Å². The smallest absolute Gasteiger partial charge is 0.264 e. The van der Waals surface area contributed by atoms with E-state index < -0.39 is 10.0 Å². The van der Waals surface area contributed by atoms with Gasteiger partial charge < -0.3 is 14.5 Å². The SMILES string of the molecule is COc1ccccc1N1CCN(C(=O)c2ccc(NS(=O)(=O)c3cccc4cccnc34)c(C)c2)CC1. The van der Waals surface area contributed by atoms with E-state index in [1.54, 1.807) is 50.6 Å². The highest BCUT2D eigenvalue weighted by atomic mass is 32.2. The first-order valence-corrected chi connectivity index (χ1v) is 13.5. The molecule has 1 aromatic heterocycles. The Labute approximate surface area is 216 Å². The fourth-order valence-corrected chi connectivity index (χ4v) is 5.94. The maximum Gasteiger partial charge on any atom is 0.264 e. The molecule has 4 aromatic rings. The summed E-state index contributed by atoms with van der Waals surface area (Å²) in [5.41, 5.74) is 3.04. The number of carbonyl (C=O) groups excluding carboxylic acids is 1. The highest BCUT2D eigenvalue weighted by Gasteiger charge is 2.25. The minimum atomic E-state index is -3.88. The van der Waals surface area contributed by atoms with Crippen molar-refractivity contribution in [2.75, 3.05) is 42.9 Å². The molecule has 1 saturated heterocycles. The van der Waals surface area contributed by atoms with Crippen molar-refractivity contribution >= 4 is 38.2 Å². The number of hydrogen-bond donors (Lipinski definition) is 1. The van der Waals surface area contributed by atoms with Gasteiger partial charge in [0.25, 0.3) is 15.9 Å². The van der Waals surface area contributed by atoms with Gasteiger partial charge >= 0.3 is 0 Å². The van der Waals surface area contributed by atoms with Crippen LogP contribution in [0.4, 0.5) is 11.4 Å². The zero-order chi connectivity index (χ0) is 26.0. The van der Waals surface area contributed by atoms with E-state index in [-0.39, 0.29) is 10.8 Å². The van der Waals surface area contributed by atoms with E-state index in [0.717, 1.165) is 16.8 Å². The predicted octanol–water partition coefficient (Wildman–Crippen LogP) is 4.32. The monoisotopic (exact) mass is 516 g/mol. The van der Waals surface area contributed by atoms with Crippen molar-refractivity contribution in [2.45, 2.75) is 11.8 Å². The quantitative estimate of drug-likeness (QED) is 0.411. The number of sulfonamides is 1. The Bertz CT molecular complexity index is 1560. The molecular weight excluding hydrogens is 488 g/mol. The number of pyridine rings is 1. The molecule has 9 heteroatoms. The molecule has 1 aliphatic heterocycles. The van der Waals surface area contributed by atoms with Crippen molar-refractivity contribution in [3.63, 3.8) is 0 Å². The Morgan fingerprint density at radius 2 is 1.70 bits per heavy atom. The van der Waals surface area contributed by atoms with Crippen molar-refractivity contribution in [3.8, 4) is 5.75 Å². The summed E-state index contributed by atoms with van der Waals surface area (Å²) in [6.45, 7) is 4.34. The first-order chi connectivity index (χ1) is 17.9. The van der Waals surface area contributed by atoms with Gasteiger partial charge in [0.1, 0.15) is 10.6 Å². The minimum absolute atomic E-state index is 0.0737. The van der Waals surface area contributed by atoms with Gasteiger partial charge in [0.15, 0.2) is 0 Å². The number of piperazine rings is 1. The predicted molar refractivity (Wildman–Crippen MR) is 145 cm³/mol. The molecule has 190 valence electrons. The van der Waals surface area contributed by atoms with Crippen LogP contribution in [0.1, 0.15) is 15.9 Å². The van der Waals surface area contributed by atoms with Gasteiger partial charge in [-0.25, -0.2) is 8.42 Å². The number of aromatic nitrogens is 1. The second-order valence-electron chi connectivity index (χ2n) is 8.92. The highest BCUT2D eigenvalue weighted by Crippen LogP contribution is 2.29. The van der Waals surface area contributed by atoms with Crippen molar-refractivity contribution in [1.82, 2.24) is 9.88 Å². The molecule has 8 nitrogen and oxygen atoms in total. The molecule has 0 aliphatic carbocycles. The lowest BCUT2D eigenvalue weighted by molar-refractivity contribution is 0.0746. The molecule has 37 heavy (non-hydrogen) atoms. The van der Waals surface area contributed by atoms with Crippen LogP contribution in [-0.2, 0) is 10.0 Å². The van der Waals surface area contributed by atoms with Crippen molar-refractivity contribution in [3.05, 3.63) is 90.1 Å². The molecule has 1 fully saturated rings. The van der Waals surface area contributed by atoms with Crippen molar-refractivity contribution < 1.29 is 17.9 Å². The third-order valence-corrected chi connectivity index (χ3v) is 7.99. The van der Waals surface area contributed by atoms with Crippen LogP contribution in [0, 0.1) is 6.92 Å². The lowest BCUT2D eigenvalue weighted by atomic mass is 10.1. The van der Waals surface area contributed by atoms with Gasteiger partial charge in [-0.3, -0.25) is 14.5 Å². The Kier molecular flexibility index (Phi) is 6.71. The minimum Gasteiger partial charge on any atom is -0.495 e. The summed E-state index contributed by atoms with van der Waals surface area (Å²) in [5, 5.41) is 0.744. The first-order valence-electron chi connectivity index (χ1n) is 12.0. The first kappa shape index (κ1) is 24.6. The fourth-order valence-electron chi connectivity index (χ4n) is 4.63. The van der Waals surface area contributed by atoms with Gasteiger partial charge in [-0.1, -0.05) is 30.3 Å². The maximum absolute atomic E-state index is 13.2. The molecule has 1 amide bonds. The molecule has 0 unspecified atom stereocenters. The third kappa shape index (κ3) is 4.95. The molecule has 3 aromatic carbocycles. The summed E-state index contributed by atoms with van der Waals surface area (Å²) in [4.78, 5) is 21.6. The van der Waals surface area contributed by atoms with Crippen LogP contribution in [0.5, 0.6) is 5.75 Å². The molecule has 1 N–H and O–H groups in total. The number of nitrogens with one attached hydrogen (secondary N) is 1. The average molecular weight is 517 g/mol. The van der Waals surface area contributed by atoms with Gasteiger partial charge in [-0.15, -0.1) is 0 Å². The number of amides is 1. The zero-order valence-corrected chi connectivity index (χ0v) is 21.5. The van der Waals surface area contributed by atoms with E-state index in [2.05, 4.69) is 14.6 Å². The van der Waals surface area contributed by atoms with Crippen LogP contribution in [0.3, 0.4) is 0 Å². The number of carbonyl (C=O) groups is 1. The number of aryl methyl sites for hydroxylation is 1. The Hall–Kier alpha value is -4.11. The Balaban J connectivity index is 1.29. The molecule has 0 bridgehead atoms. The molecule has 1 aliphatic rings. The second kappa shape index (κ2) is 10.1. The van der Waals surface area contributed by atoms with Crippen molar-refractivity contribution in [1.29, 1.82) is 0 Å². The topological polar surface area (TPSA) is 91.8 Å². The number of nitrogens with zero attached hydrogens (tertiary/aromatic N) is 3. The van der Waals surface area contributed by atoms with E-state index in [1.807, 2.05) is 41.3 Å². The second-order valence-corrected chi connectivity index (χ2v) is 10.6. The summed E-state index contributed by atoms with van der Waals surface area (Å²) < 4.78 is 34.5. The van der Waals surface area contributed by atoms with E-state index in [0.29, 0.717) is 48.5 Å². The Morgan fingerprint density at radius 3 is 2.46 bits per heavy atom. The fraction of sp³-hybridized carbons (Fsp3) is 0.214. The number of ether oxygens (including phenoxy) is 1. The number of hydrogen-bond acceptors (Lipinski definition) is 6. The third-order valence-electron chi connectivity index (χ3n) is 6.60. The van der Waals surface area contributed by atoms with Crippen LogP contribution in [0.25, 0.3) is 10.9 Å². The summed E-state index contributed by atoms with van der Waals surface area (Å²) >= 11 is 0. The Morgan fingerprint density at radius 1 is 0.946 bits per heavy atom. The largest absolute Gasteiger partial charge is 0.495 e. The lowest BCUT2D eigenvalue weighted by Gasteiger charge is -2.36. The standard InChI is InChI=1S/C28H28N4O4S/c1-20-19-22(28(33)32-17-15-31(16-18-32)24-9-3-4-10-25(24)36-2)12-13-23(20)30-37(34,35)26-11-5-7-21-8-6-14-29-27(21)26/h3-14,19,30H,15-18H2,1-2H3. The number of fused-ring (bicyclic) bond motifs is 1. The van der Waals surface area contributed by atoms with Gasteiger partial charge in [0, 0.05) is 43.3 Å². The lowest BCUT2D eigenvalue weighted by Crippen LogP contribution is -2.48. The number of methoxy groups -OCH3 is 1. The summed E-state index contributed by atoms with van der Waals surface area (Å²) in [5.74, 6) is 0.741. The van der Waals surface area contributed by atoms with Gasteiger partial charge in [-0.2, -0.15) is 0 Å². The van der Waals surface area contributed by atoms with Crippen LogP contribution in [-0.4, -0.2) is 57.5 Å². The van der Waals surface area contributed by atoms with E-state index in [1.165, 1.54) is 6.07 Å². The summed E-state index contributed by atoms with van der Waals surface area (Å²) in [6.07, 6.45) is 1.57. The van der Waals surface area contributed by atoms with Crippen LogP contribution < -0.4 is 14.4 Å². The number of para-hydroxylation sites is 3. The summed E-state index contributed by atoms with van der Waals surface area (Å²) in [6, 6.07) is 21.6. The molecule has 0 spiro atoms. The number of anilines is 2. The van der Waals surface area contributed by atoms with Gasteiger partial charge in [-0.05, 0) is 55.0 Å². The zero-order valence-electron chi connectivity index (χ0n) is 20.7.